The first-order chi connectivity index (χ1) is 9.47. The lowest BCUT2D eigenvalue weighted by Crippen LogP contribution is -2.44. The number of urea groups is 1. The number of nitrogens with one attached hydrogen (secondary N) is 1. The number of rotatable bonds is 2. The monoisotopic (exact) mass is 316 g/mol. The average molecular weight is 317 g/mol. The topological polar surface area (TPSA) is 52.6 Å². The van der Waals surface area contributed by atoms with Gasteiger partial charge in [0.15, 0.2) is 0 Å². The zero-order valence-electron chi connectivity index (χ0n) is 11.3. The van der Waals surface area contributed by atoms with Crippen molar-refractivity contribution < 1.29 is 9.90 Å². The number of carbonyl (C=O) groups is 1. The van der Waals surface area contributed by atoms with Crippen LogP contribution in [0.25, 0.3) is 0 Å². The van der Waals surface area contributed by atoms with E-state index in [2.05, 4.69) is 5.32 Å². The van der Waals surface area contributed by atoms with Gasteiger partial charge < -0.3 is 15.3 Å². The van der Waals surface area contributed by atoms with Gasteiger partial charge in [-0.3, -0.25) is 0 Å². The maximum atomic E-state index is 12.2. The fourth-order valence-electron chi connectivity index (χ4n) is 2.36. The summed E-state index contributed by atoms with van der Waals surface area (Å²) in [5.74, 6) is 0.142. The van der Waals surface area contributed by atoms with E-state index in [-0.39, 0.29) is 11.9 Å². The molecule has 0 bridgehead atoms. The third-order valence-corrected chi connectivity index (χ3v) is 4.34. The molecule has 110 valence electrons. The van der Waals surface area contributed by atoms with Crippen molar-refractivity contribution in [3.8, 4) is 0 Å². The third-order valence-electron chi connectivity index (χ3n) is 3.60. The minimum absolute atomic E-state index is 0.142. The molecule has 1 heterocycles. The molecule has 1 aliphatic heterocycles. The standard InChI is InChI=1S/C14H18Cl2N2O2/c1-9(19)10-3-2-6-18(8-10)14(20)17-11-4-5-12(15)13(16)7-11/h4-5,7,9-10,19H,2-3,6,8H2,1H3,(H,17,20). The Balaban J connectivity index is 1.98. The lowest BCUT2D eigenvalue weighted by Gasteiger charge is -2.34. The predicted octanol–water partition coefficient (Wildman–Crippen LogP) is 3.62. The van der Waals surface area contributed by atoms with E-state index in [1.54, 1.807) is 30.0 Å². The van der Waals surface area contributed by atoms with Crippen molar-refractivity contribution >= 4 is 34.9 Å². The second-order valence-corrected chi connectivity index (χ2v) is 5.96. The number of aliphatic hydroxyl groups is 1. The molecule has 0 saturated carbocycles. The SMILES string of the molecule is CC(O)C1CCCN(C(=O)Nc2ccc(Cl)c(Cl)c2)C1. The van der Waals surface area contributed by atoms with Crippen molar-refractivity contribution in [3.05, 3.63) is 28.2 Å². The summed E-state index contributed by atoms with van der Waals surface area (Å²) in [6, 6.07) is 4.81. The summed E-state index contributed by atoms with van der Waals surface area (Å²) in [5, 5.41) is 13.3. The minimum Gasteiger partial charge on any atom is -0.393 e. The van der Waals surface area contributed by atoms with Crippen molar-refractivity contribution in [2.75, 3.05) is 18.4 Å². The van der Waals surface area contributed by atoms with Gasteiger partial charge in [0, 0.05) is 24.7 Å². The molecule has 2 amide bonds. The Morgan fingerprint density at radius 1 is 1.45 bits per heavy atom. The molecule has 1 fully saturated rings. The van der Waals surface area contributed by atoms with Crippen molar-refractivity contribution in [2.45, 2.75) is 25.9 Å². The summed E-state index contributed by atoms with van der Waals surface area (Å²) >= 11 is 11.8. The van der Waals surface area contributed by atoms with Crippen LogP contribution >= 0.6 is 23.2 Å². The third kappa shape index (κ3) is 3.78. The molecular weight excluding hydrogens is 299 g/mol. The fraction of sp³-hybridized carbons (Fsp3) is 0.500. The summed E-state index contributed by atoms with van der Waals surface area (Å²) in [6.07, 6.45) is 1.47. The Kier molecular flexibility index (Phi) is 5.13. The van der Waals surface area contributed by atoms with Crippen molar-refractivity contribution in [1.82, 2.24) is 4.90 Å². The average Bonchev–Trinajstić information content (AvgIpc) is 2.43. The number of likely N-dealkylation sites (tertiary alicyclic amines) is 1. The van der Waals surface area contributed by atoms with E-state index in [1.807, 2.05) is 0 Å². The largest absolute Gasteiger partial charge is 0.393 e. The predicted molar refractivity (Wildman–Crippen MR) is 81.5 cm³/mol. The maximum Gasteiger partial charge on any atom is 0.321 e. The Labute approximate surface area is 128 Å². The van der Waals surface area contributed by atoms with Gasteiger partial charge in [-0.2, -0.15) is 0 Å². The summed E-state index contributed by atoms with van der Waals surface area (Å²) in [5.41, 5.74) is 0.614. The number of anilines is 1. The summed E-state index contributed by atoms with van der Waals surface area (Å²) in [4.78, 5) is 13.9. The summed E-state index contributed by atoms with van der Waals surface area (Å²) in [6.45, 7) is 3.05. The maximum absolute atomic E-state index is 12.2. The second kappa shape index (κ2) is 6.66. The van der Waals surface area contributed by atoms with E-state index in [1.165, 1.54) is 0 Å². The number of halogens is 2. The second-order valence-electron chi connectivity index (χ2n) is 5.15. The van der Waals surface area contributed by atoms with E-state index in [0.29, 0.717) is 28.8 Å². The van der Waals surface area contributed by atoms with Crippen LogP contribution in [0.4, 0.5) is 10.5 Å². The first kappa shape index (κ1) is 15.4. The number of amides is 2. The molecule has 4 nitrogen and oxygen atoms in total. The minimum atomic E-state index is -0.393. The zero-order chi connectivity index (χ0) is 14.7. The van der Waals surface area contributed by atoms with Gasteiger partial charge in [0.25, 0.3) is 0 Å². The Morgan fingerprint density at radius 3 is 2.85 bits per heavy atom. The van der Waals surface area contributed by atoms with Crippen LogP contribution in [-0.4, -0.2) is 35.2 Å². The molecule has 0 aliphatic carbocycles. The van der Waals surface area contributed by atoms with Crippen LogP contribution < -0.4 is 5.32 Å². The highest BCUT2D eigenvalue weighted by molar-refractivity contribution is 6.42. The molecule has 0 spiro atoms. The molecule has 6 heteroatoms. The summed E-state index contributed by atoms with van der Waals surface area (Å²) in [7, 11) is 0. The van der Waals surface area contributed by atoms with Crippen LogP contribution in [0.1, 0.15) is 19.8 Å². The first-order valence-corrected chi connectivity index (χ1v) is 7.42. The van der Waals surface area contributed by atoms with E-state index in [0.717, 1.165) is 12.8 Å². The van der Waals surface area contributed by atoms with E-state index >= 15 is 0 Å². The number of benzene rings is 1. The quantitative estimate of drug-likeness (QED) is 0.875. The highest BCUT2D eigenvalue weighted by Crippen LogP contribution is 2.26. The molecule has 1 aromatic carbocycles. The highest BCUT2D eigenvalue weighted by Gasteiger charge is 2.26. The van der Waals surface area contributed by atoms with Crippen LogP contribution in [0.2, 0.25) is 10.0 Å². The normalized spacial score (nSPS) is 20.6. The lowest BCUT2D eigenvalue weighted by molar-refractivity contribution is 0.0766. The van der Waals surface area contributed by atoms with Crippen LogP contribution in [0.5, 0.6) is 0 Å². The van der Waals surface area contributed by atoms with Gasteiger partial charge in [0.1, 0.15) is 0 Å². The molecule has 2 atom stereocenters. The number of aliphatic hydroxyl groups excluding tert-OH is 1. The fourth-order valence-corrected chi connectivity index (χ4v) is 2.66. The van der Waals surface area contributed by atoms with Crippen LogP contribution in [0, 0.1) is 5.92 Å². The van der Waals surface area contributed by atoms with Crippen molar-refractivity contribution in [3.63, 3.8) is 0 Å². The molecule has 1 aromatic rings. The van der Waals surface area contributed by atoms with Crippen LogP contribution in [0.15, 0.2) is 18.2 Å². The lowest BCUT2D eigenvalue weighted by atomic mass is 9.94. The van der Waals surface area contributed by atoms with Crippen LogP contribution in [-0.2, 0) is 0 Å². The smallest absolute Gasteiger partial charge is 0.321 e. The Hall–Kier alpha value is -0.970. The number of piperidine rings is 1. The molecule has 0 aromatic heterocycles. The molecule has 2 N–H and O–H groups in total. The highest BCUT2D eigenvalue weighted by atomic mass is 35.5. The van der Waals surface area contributed by atoms with Gasteiger partial charge in [-0.15, -0.1) is 0 Å². The number of hydrogen-bond donors (Lipinski definition) is 2. The molecule has 0 radical (unpaired) electrons. The van der Waals surface area contributed by atoms with Gasteiger partial charge in [0.05, 0.1) is 16.1 Å². The molecule has 20 heavy (non-hydrogen) atoms. The number of carbonyl (C=O) groups excluding carboxylic acids is 1. The van der Waals surface area contributed by atoms with Gasteiger partial charge in [-0.05, 0) is 38.0 Å². The van der Waals surface area contributed by atoms with Crippen molar-refractivity contribution in [1.29, 1.82) is 0 Å². The van der Waals surface area contributed by atoms with E-state index in [4.69, 9.17) is 23.2 Å². The van der Waals surface area contributed by atoms with Gasteiger partial charge in [0.2, 0.25) is 0 Å². The Bertz CT molecular complexity index is 494. The molecule has 2 unspecified atom stereocenters. The number of hydrogen-bond acceptors (Lipinski definition) is 2. The van der Waals surface area contributed by atoms with Crippen LogP contribution in [0.3, 0.4) is 0 Å². The van der Waals surface area contributed by atoms with Crippen molar-refractivity contribution in [2.24, 2.45) is 5.92 Å². The molecule has 1 aliphatic rings. The molecule has 1 saturated heterocycles. The first-order valence-electron chi connectivity index (χ1n) is 6.66. The molecular formula is C14H18Cl2N2O2. The van der Waals surface area contributed by atoms with Gasteiger partial charge in [-0.1, -0.05) is 23.2 Å². The molecule has 2 rings (SSSR count). The van der Waals surface area contributed by atoms with Gasteiger partial charge >= 0.3 is 6.03 Å². The number of nitrogens with zero attached hydrogens (tertiary/aromatic N) is 1. The van der Waals surface area contributed by atoms with E-state index in [9.17, 15) is 9.90 Å². The van der Waals surface area contributed by atoms with Gasteiger partial charge in [-0.25, -0.2) is 4.79 Å². The summed E-state index contributed by atoms with van der Waals surface area (Å²) < 4.78 is 0. The van der Waals surface area contributed by atoms with E-state index < -0.39 is 6.10 Å². The Morgan fingerprint density at radius 2 is 2.20 bits per heavy atom. The zero-order valence-corrected chi connectivity index (χ0v) is 12.8.